The van der Waals surface area contributed by atoms with Crippen LogP contribution in [0.25, 0.3) is 0 Å². The van der Waals surface area contributed by atoms with Crippen LogP contribution in [0.1, 0.15) is 22.4 Å². The summed E-state index contributed by atoms with van der Waals surface area (Å²) in [6, 6.07) is 5.78. The van der Waals surface area contributed by atoms with Gasteiger partial charge in [-0.15, -0.1) is 0 Å². The number of para-hydroxylation sites is 1. The second kappa shape index (κ2) is 5.01. The van der Waals surface area contributed by atoms with Gasteiger partial charge in [0.2, 0.25) is 0 Å². The number of phenols is 1. The Hall–Kier alpha value is -1.81. The zero-order chi connectivity index (χ0) is 12.3. The number of hydrogen-bond donors (Lipinski definition) is 3. The predicted octanol–water partition coefficient (Wildman–Crippen LogP) is 2.02. The molecule has 2 rings (SSSR count). The molecule has 1 aromatic heterocycles. The smallest absolute Gasteiger partial charge is 0.122 e. The number of aromatic hydroxyl groups is 1. The van der Waals surface area contributed by atoms with E-state index >= 15 is 0 Å². The molecule has 0 saturated heterocycles. The highest BCUT2D eigenvalue weighted by atomic mass is 16.3. The number of aryl methyl sites for hydroxylation is 2. The van der Waals surface area contributed by atoms with Crippen molar-refractivity contribution in [1.82, 2.24) is 15.5 Å². The van der Waals surface area contributed by atoms with Crippen molar-refractivity contribution in [2.24, 2.45) is 0 Å². The van der Waals surface area contributed by atoms with E-state index in [0.29, 0.717) is 12.3 Å². The fourth-order valence-corrected chi connectivity index (χ4v) is 1.75. The van der Waals surface area contributed by atoms with E-state index in [2.05, 4.69) is 15.5 Å². The highest BCUT2D eigenvalue weighted by Gasteiger charge is 2.04. The van der Waals surface area contributed by atoms with Gasteiger partial charge in [0.05, 0.1) is 6.20 Å². The van der Waals surface area contributed by atoms with Gasteiger partial charge in [0, 0.05) is 29.9 Å². The van der Waals surface area contributed by atoms with Gasteiger partial charge in [0.1, 0.15) is 5.75 Å². The highest BCUT2D eigenvalue weighted by Crippen LogP contribution is 2.21. The zero-order valence-electron chi connectivity index (χ0n) is 10.1. The molecule has 0 aliphatic carbocycles. The average Bonchev–Trinajstić information content (AvgIpc) is 2.71. The first-order valence-electron chi connectivity index (χ1n) is 5.65. The van der Waals surface area contributed by atoms with E-state index in [1.165, 1.54) is 0 Å². The molecule has 17 heavy (non-hydrogen) atoms. The van der Waals surface area contributed by atoms with Crippen molar-refractivity contribution < 1.29 is 5.11 Å². The average molecular weight is 231 g/mol. The number of phenolic OH excluding ortho intramolecular Hbond substituents is 1. The van der Waals surface area contributed by atoms with Crippen LogP contribution in [-0.2, 0) is 13.1 Å². The van der Waals surface area contributed by atoms with Crippen LogP contribution in [0, 0.1) is 13.8 Å². The normalized spacial score (nSPS) is 10.7. The maximum absolute atomic E-state index is 9.85. The van der Waals surface area contributed by atoms with Crippen molar-refractivity contribution in [3.63, 3.8) is 0 Å². The summed E-state index contributed by atoms with van der Waals surface area (Å²) in [6.45, 7) is 5.29. The number of nitrogens with one attached hydrogen (secondary N) is 2. The van der Waals surface area contributed by atoms with Gasteiger partial charge in [-0.25, -0.2) is 0 Å². The Labute approximate surface area is 101 Å². The third-order valence-corrected chi connectivity index (χ3v) is 2.89. The first kappa shape index (κ1) is 11.7. The van der Waals surface area contributed by atoms with Crippen LogP contribution in [0.15, 0.2) is 24.4 Å². The van der Waals surface area contributed by atoms with E-state index in [0.717, 1.165) is 28.9 Å². The van der Waals surface area contributed by atoms with E-state index in [4.69, 9.17) is 0 Å². The van der Waals surface area contributed by atoms with Crippen LogP contribution in [-0.4, -0.2) is 15.3 Å². The molecule has 4 heteroatoms. The number of nitrogens with zero attached hydrogens (tertiary/aromatic N) is 1. The van der Waals surface area contributed by atoms with Crippen LogP contribution in [0.2, 0.25) is 0 Å². The Morgan fingerprint density at radius 2 is 2.00 bits per heavy atom. The fourth-order valence-electron chi connectivity index (χ4n) is 1.75. The van der Waals surface area contributed by atoms with E-state index in [1.807, 2.05) is 38.2 Å². The Morgan fingerprint density at radius 3 is 2.71 bits per heavy atom. The monoisotopic (exact) mass is 231 g/mol. The van der Waals surface area contributed by atoms with Crippen molar-refractivity contribution in [2.45, 2.75) is 26.9 Å². The summed E-state index contributed by atoms with van der Waals surface area (Å²) in [4.78, 5) is 0. The molecule has 0 radical (unpaired) electrons. The molecule has 0 amide bonds. The number of benzene rings is 1. The minimum Gasteiger partial charge on any atom is -0.507 e. The lowest BCUT2D eigenvalue weighted by Gasteiger charge is -2.08. The highest BCUT2D eigenvalue weighted by molar-refractivity contribution is 5.39. The fraction of sp³-hybridized carbons (Fsp3) is 0.308. The molecule has 0 bridgehead atoms. The SMILES string of the molecule is Cc1cccc(CNCc2cn[nH]c2C)c1O. The molecule has 4 nitrogen and oxygen atoms in total. The standard InChI is InChI=1S/C13H17N3O/c1-9-4-3-5-11(13(9)17)6-14-7-12-8-15-16-10(12)2/h3-5,8,14,17H,6-7H2,1-2H3,(H,15,16). The van der Waals surface area contributed by atoms with E-state index < -0.39 is 0 Å². The maximum Gasteiger partial charge on any atom is 0.122 e. The summed E-state index contributed by atoms with van der Waals surface area (Å²) < 4.78 is 0. The molecule has 0 aliphatic heterocycles. The second-order valence-corrected chi connectivity index (χ2v) is 4.21. The molecule has 0 unspecified atom stereocenters. The lowest BCUT2D eigenvalue weighted by Crippen LogP contribution is -2.13. The van der Waals surface area contributed by atoms with Gasteiger partial charge in [-0.3, -0.25) is 5.10 Å². The molecule has 0 spiro atoms. The molecule has 0 fully saturated rings. The Morgan fingerprint density at radius 1 is 1.24 bits per heavy atom. The van der Waals surface area contributed by atoms with Gasteiger partial charge in [0.25, 0.3) is 0 Å². The number of H-pyrrole nitrogens is 1. The molecule has 1 heterocycles. The van der Waals surface area contributed by atoms with Crippen molar-refractivity contribution >= 4 is 0 Å². The van der Waals surface area contributed by atoms with Gasteiger partial charge in [-0.2, -0.15) is 5.10 Å². The number of hydrogen-bond acceptors (Lipinski definition) is 3. The van der Waals surface area contributed by atoms with Crippen LogP contribution in [0.5, 0.6) is 5.75 Å². The number of aromatic nitrogens is 2. The first-order valence-corrected chi connectivity index (χ1v) is 5.65. The van der Waals surface area contributed by atoms with Crippen molar-refractivity contribution in [3.8, 4) is 5.75 Å². The van der Waals surface area contributed by atoms with E-state index in [-0.39, 0.29) is 0 Å². The molecule has 90 valence electrons. The third-order valence-electron chi connectivity index (χ3n) is 2.89. The van der Waals surface area contributed by atoms with Gasteiger partial charge >= 0.3 is 0 Å². The Kier molecular flexibility index (Phi) is 3.44. The van der Waals surface area contributed by atoms with Crippen LogP contribution < -0.4 is 5.32 Å². The molecular weight excluding hydrogens is 214 g/mol. The summed E-state index contributed by atoms with van der Waals surface area (Å²) >= 11 is 0. The molecule has 3 N–H and O–H groups in total. The van der Waals surface area contributed by atoms with Crippen LogP contribution >= 0.6 is 0 Å². The van der Waals surface area contributed by atoms with Crippen LogP contribution in [0.4, 0.5) is 0 Å². The topological polar surface area (TPSA) is 60.9 Å². The largest absolute Gasteiger partial charge is 0.507 e. The maximum atomic E-state index is 9.85. The van der Waals surface area contributed by atoms with Crippen molar-refractivity contribution in [3.05, 3.63) is 46.8 Å². The molecule has 0 saturated carbocycles. The number of aromatic amines is 1. The molecule has 1 aromatic carbocycles. The summed E-state index contributed by atoms with van der Waals surface area (Å²) in [5.74, 6) is 0.379. The van der Waals surface area contributed by atoms with Crippen molar-refractivity contribution in [1.29, 1.82) is 0 Å². The van der Waals surface area contributed by atoms with Gasteiger partial charge in [0.15, 0.2) is 0 Å². The summed E-state index contributed by atoms with van der Waals surface area (Å²) in [5, 5.41) is 20.0. The summed E-state index contributed by atoms with van der Waals surface area (Å²) in [5.41, 5.74) is 4.05. The predicted molar refractivity (Wildman–Crippen MR) is 66.7 cm³/mol. The quantitative estimate of drug-likeness (QED) is 0.754. The van der Waals surface area contributed by atoms with Gasteiger partial charge < -0.3 is 10.4 Å². The first-order chi connectivity index (χ1) is 8.18. The van der Waals surface area contributed by atoms with Crippen LogP contribution in [0.3, 0.4) is 0 Å². The van der Waals surface area contributed by atoms with E-state index in [9.17, 15) is 5.11 Å². The lowest BCUT2D eigenvalue weighted by molar-refractivity contribution is 0.460. The second-order valence-electron chi connectivity index (χ2n) is 4.21. The molecular formula is C13H17N3O. The molecule has 0 atom stereocenters. The molecule has 2 aromatic rings. The Bertz CT molecular complexity index is 505. The van der Waals surface area contributed by atoms with E-state index in [1.54, 1.807) is 0 Å². The number of rotatable bonds is 4. The Balaban J connectivity index is 1.95. The minimum atomic E-state index is 0.379. The minimum absolute atomic E-state index is 0.379. The zero-order valence-corrected chi connectivity index (χ0v) is 10.1. The van der Waals surface area contributed by atoms with Gasteiger partial charge in [-0.1, -0.05) is 18.2 Å². The van der Waals surface area contributed by atoms with Gasteiger partial charge in [-0.05, 0) is 19.4 Å². The van der Waals surface area contributed by atoms with Crippen molar-refractivity contribution in [2.75, 3.05) is 0 Å². The molecule has 0 aliphatic rings. The third kappa shape index (κ3) is 2.65. The summed E-state index contributed by atoms with van der Waals surface area (Å²) in [7, 11) is 0. The summed E-state index contributed by atoms with van der Waals surface area (Å²) in [6.07, 6.45) is 1.82. The lowest BCUT2D eigenvalue weighted by atomic mass is 10.1.